The monoisotopic (exact) mass is 276 g/mol. The van der Waals surface area contributed by atoms with Crippen molar-refractivity contribution in [3.05, 3.63) is 64.7 Å². The number of hydrogen-bond acceptors (Lipinski definition) is 3. The van der Waals surface area contributed by atoms with Crippen LogP contribution in [0.3, 0.4) is 0 Å². The summed E-state index contributed by atoms with van der Waals surface area (Å²) in [6, 6.07) is 14.2. The molecule has 5 heteroatoms. The van der Waals surface area contributed by atoms with E-state index < -0.39 is 0 Å². The molecule has 0 aliphatic carbocycles. The molecule has 2 aromatic carbocycles. The zero-order valence-corrected chi connectivity index (χ0v) is 10.9. The standard InChI is InChI=1S/C14H13ClN2O2/c15-12-5-7-13(8-6-12)19-9-10-1-3-11(4-2-10)14(18)17-16/h1-8H,9,16H2,(H,17,18). The number of amides is 1. The van der Waals surface area contributed by atoms with Crippen molar-refractivity contribution in [3.8, 4) is 5.75 Å². The molecule has 0 unspecified atom stereocenters. The van der Waals surface area contributed by atoms with Crippen molar-refractivity contribution in [2.24, 2.45) is 5.84 Å². The molecular formula is C14H13ClN2O2. The minimum absolute atomic E-state index is 0.315. The van der Waals surface area contributed by atoms with Gasteiger partial charge in [0.25, 0.3) is 5.91 Å². The molecule has 0 saturated carbocycles. The third kappa shape index (κ3) is 3.71. The zero-order chi connectivity index (χ0) is 13.7. The lowest BCUT2D eigenvalue weighted by Gasteiger charge is -2.07. The molecule has 3 N–H and O–H groups in total. The van der Waals surface area contributed by atoms with Crippen LogP contribution in [0, 0.1) is 0 Å². The third-order valence-electron chi connectivity index (χ3n) is 2.57. The molecule has 0 fully saturated rings. The highest BCUT2D eigenvalue weighted by molar-refractivity contribution is 6.30. The van der Waals surface area contributed by atoms with E-state index in [0.717, 1.165) is 11.3 Å². The molecular weight excluding hydrogens is 264 g/mol. The summed E-state index contributed by atoms with van der Waals surface area (Å²) in [7, 11) is 0. The summed E-state index contributed by atoms with van der Waals surface area (Å²) in [4.78, 5) is 11.3. The quantitative estimate of drug-likeness (QED) is 0.512. The van der Waals surface area contributed by atoms with Crippen molar-refractivity contribution in [3.63, 3.8) is 0 Å². The van der Waals surface area contributed by atoms with Gasteiger partial charge in [-0.1, -0.05) is 23.7 Å². The van der Waals surface area contributed by atoms with Crippen LogP contribution in [-0.4, -0.2) is 5.91 Å². The second-order valence-corrected chi connectivity index (χ2v) is 4.35. The van der Waals surface area contributed by atoms with Gasteiger partial charge in [0.2, 0.25) is 0 Å². The highest BCUT2D eigenvalue weighted by Gasteiger charge is 2.03. The Hall–Kier alpha value is -2.04. The number of hydrogen-bond donors (Lipinski definition) is 2. The number of benzene rings is 2. The number of nitrogens with one attached hydrogen (secondary N) is 1. The van der Waals surface area contributed by atoms with Crippen LogP contribution in [0.5, 0.6) is 5.75 Å². The molecule has 19 heavy (non-hydrogen) atoms. The number of carbonyl (C=O) groups is 1. The molecule has 0 spiro atoms. The van der Waals surface area contributed by atoms with Gasteiger partial charge >= 0.3 is 0 Å². The molecule has 0 aliphatic heterocycles. The predicted octanol–water partition coefficient (Wildman–Crippen LogP) is 2.52. The molecule has 1 amide bonds. The van der Waals surface area contributed by atoms with Crippen LogP contribution in [0.2, 0.25) is 5.02 Å². The van der Waals surface area contributed by atoms with E-state index in [4.69, 9.17) is 22.2 Å². The summed E-state index contributed by atoms with van der Waals surface area (Å²) >= 11 is 5.79. The van der Waals surface area contributed by atoms with Gasteiger partial charge in [0.1, 0.15) is 12.4 Å². The smallest absolute Gasteiger partial charge is 0.265 e. The van der Waals surface area contributed by atoms with Crippen LogP contribution >= 0.6 is 11.6 Å². The first kappa shape index (κ1) is 13.4. The molecule has 2 aromatic rings. The molecule has 2 rings (SSSR count). The molecule has 0 radical (unpaired) electrons. The summed E-state index contributed by atoms with van der Waals surface area (Å²) in [5.74, 6) is 5.48. The van der Waals surface area contributed by atoms with Crippen LogP contribution in [0.4, 0.5) is 0 Å². The molecule has 4 nitrogen and oxygen atoms in total. The fourth-order valence-corrected chi connectivity index (χ4v) is 1.66. The molecule has 0 saturated heterocycles. The van der Waals surface area contributed by atoms with Crippen molar-refractivity contribution >= 4 is 17.5 Å². The average molecular weight is 277 g/mol. The summed E-state index contributed by atoms with van der Waals surface area (Å²) in [5.41, 5.74) is 3.55. The molecule has 0 atom stereocenters. The minimum atomic E-state index is -0.315. The Morgan fingerprint density at radius 1 is 1.11 bits per heavy atom. The Morgan fingerprint density at radius 3 is 2.32 bits per heavy atom. The lowest BCUT2D eigenvalue weighted by Crippen LogP contribution is -2.29. The Labute approximate surface area is 116 Å². The highest BCUT2D eigenvalue weighted by atomic mass is 35.5. The lowest BCUT2D eigenvalue weighted by molar-refractivity contribution is 0.0953. The molecule has 0 heterocycles. The topological polar surface area (TPSA) is 64.3 Å². The summed E-state index contributed by atoms with van der Waals surface area (Å²) in [6.07, 6.45) is 0. The van der Waals surface area contributed by atoms with E-state index in [-0.39, 0.29) is 5.91 Å². The fraction of sp³-hybridized carbons (Fsp3) is 0.0714. The van der Waals surface area contributed by atoms with Crippen molar-refractivity contribution in [1.29, 1.82) is 0 Å². The van der Waals surface area contributed by atoms with Gasteiger partial charge < -0.3 is 4.74 Å². The van der Waals surface area contributed by atoms with E-state index in [0.29, 0.717) is 17.2 Å². The number of carbonyl (C=O) groups excluding carboxylic acids is 1. The second-order valence-electron chi connectivity index (χ2n) is 3.91. The van der Waals surface area contributed by atoms with Gasteiger partial charge in [-0.05, 0) is 42.0 Å². The summed E-state index contributed by atoms with van der Waals surface area (Å²) in [5, 5.41) is 0.671. The maximum absolute atomic E-state index is 11.3. The van der Waals surface area contributed by atoms with Crippen molar-refractivity contribution in [1.82, 2.24) is 5.43 Å². The minimum Gasteiger partial charge on any atom is -0.489 e. The number of nitrogen functional groups attached to an aromatic ring is 1. The molecule has 0 aromatic heterocycles. The van der Waals surface area contributed by atoms with Gasteiger partial charge in [-0.15, -0.1) is 0 Å². The molecule has 0 bridgehead atoms. The Morgan fingerprint density at radius 2 is 1.74 bits per heavy atom. The SMILES string of the molecule is NNC(=O)c1ccc(COc2ccc(Cl)cc2)cc1. The van der Waals surface area contributed by atoms with Gasteiger partial charge in [-0.25, -0.2) is 5.84 Å². The van der Waals surface area contributed by atoms with E-state index >= 15 is 0 Å². The number of nitrogens with two attached hydrogens (primary N) is 1. The van der Waals surface area contributed by atoms with E-state index in [1.54, 1.807) is 36.4 Å². The van der Waals surface area contributed by atoms with Crippen molar-refractivity contribution < 1.29 is 9.53 Å². The Balaban J connectivity index is 1.96. The van der Waals surface area contributed by atoms with Gasteiger partial charge in [-0.2, -0.15) is 0 Å². The van der Waals surface area contributed by atoms with E-state index in [1.165, 1.54) is 0 Å². The van der Waals surface area contributed by atoms with Crippen LogP contribution in [0.1, 0.15) is 15.9 Å². The number of rotatable bonds is 4. The van der Waals surface area contributed by atoms with E-state index in [2.05, 4.69) is 5.43 Å². The number of halogens is 1. The van der Waals surface area contributed by atoms with E-state index in [9.17, 15) is 4.79 Å². The van der Waals surface area contributed by atoms with Crippen molar-refractivity contribution in [2.75, 3.05) is 0 Å². The first-order valence-corrected chi connectivity index (χ1v) is 6.05. The average Bonchev–Trinajstić information content (AvgIpc) is 2.46. The first-order chi connectivity index (χ1) is 9.19. The van der Waals surface area contributed by atoms with Gasteiger partial charge in [0, 0.05) is 10.6 Å². The fourth-order valence-electron chi connectivity index (χ4n) is 1.53. The third-order valence-corrected chi connectivity index (χ3v) is 2.82. The van der Waals surface area contributed by atoms with E-state index in [1.807, 2.05) is 12.1 Å². The maximum Gasteiger partial charge on any atom is 0.265 e. The normalized spacial score (nSPS) is 10.0. The largest absolute Gasteiger partial charge is 0.489 e. The van der Waals surface area contributed by atoms with Crippen LogP contribution < -0.4 is 16.0 Å². The number of hydrazine groups is 1. The number of ether oxygens (including phenoxy) is 1. The van der Waals surface area contributed by atoms with Gasteiger partial charge in [-0.3, -0.25) is 10.2 Å². The van der Waals surface area contributed by atoms with Crippen LogP contribution in [-0.2, 0) is 6.61 Å². The van der Waals surface area contributed by atoms with Gasteiger partial charge in [0.05, 0.1) is 0 Å². The summed E-state index contributed by atoms with van der Waals surface area (Å²) in [6.45, 7) is 0.423. The molecule has 98 valence electrons. The van der Waals surface area contributed by atoms with Gasteiger partial charge in [0.15, 0.2) is 0 Å². The Kier molecular flexibility index (Phi) is 4.39. The first-order valence-electron chi connectivity index (χ1n) is 5.67. The lowest BCUT2D eigenvalue weighted by atomic mass is 10.1. The highest BCUT2D eigenvalue weighted by Crippen LogP contribution is 2.17. The molecule has 0 aliphatic rings. The second kappa shape index (κ2) is 6.22. The summed E-state index contributed by atoms with van der Waals surface area (Å²) < 4.78 is 5.59. The van der Waals surface area contributed by atoms with Crippen molar-refractivity contribution in [2.45, 2.75) is 6.61 Å². The zero-order valence-electron chi connectivity index (χ0n) is 10.1. The van der Waals surface area contributed by atoms with Crippen LogP contribution in [0.15, 0.2) is 48.5 Å². The predicted molar refractivity (Wildman–Crippen MR) is 73.9 cm³/mol. The maximum atomic E-state index is 11.3. The van der Waals surface area contributed by atoms with Crippen LogP contribution in [0.25, 0.3) is 0 Å². The Bertz CT molecular complexity index is 553.